The zero-order chi connectivity index (χ0) is 20.2. The Labute approximate surface area is 175 Å². The van der Waals surface area contributed by atoms with Gasteiger partial charge in [0.05, 0.1) is 11.6 Å². The lowest BCUT2D eigenvalue weighted by Crippen LogP contribution is -2.51. The van der Waals surface area contributed by atoms with Crippen molar-refractivity contribution in [2.75, 3.05) is 19.6 Å². The summed E-state index contributed by atoms with van der Waals surface area (Å²) in [6.45, 7) is 2.35. The van der Waals surface area contributed by atoms with Gasteiger partial charge in [-0.05, 0) is 55.3 Å². The SMILES string of the molecule is NC(=O)C1CCCN1C1CCN(C(=O)/C(=C/c2ccccc2)c2cccs2)CC1. The summed E-state index contributed by atoms with van der Waals surface area (Å²) in [4.78, 5) is 30.3. The topological polar surface area (TPSA) is 66.6 Å². The van der Waals surface area contributed by atoms with Crippen LogP contribution < -0.4 is 5.73 Å². The van der Waals surface area contributed by atoms with E-state index in [0.717, 1.165) is 48.2 Å². The molecule has 1 aromatic carbocycles. The third-order valence-corrected chi connectivity index (χ3v) is 6.87. The summed E-state index contributed by atoms with van der Waals surface area (Å²) in [7, 11) is 0. The number of hydrogen-bond acceptors (Lipinski definition) is 4. The number of hydrogen-bond donors (Lipinski definition) is 1. The van der Waals surface area contributed by atoms with Crippen molar-refractivity contribution >= 4 is 34.8 Å². The van der Waals surface area contributed by atoms with Crippen molar-refractivity contribution in [1.29, 1.82) is 0 Å². The first-order valence-electron chi connectivity index (χ1n) is 10.3. The van der Waals surface area contributed by atoms with Gasteiger partial charge in [-0.15, -0.1) is 11.3 Å². The first-order chi connectivity index (χ1) is 14.1. The van der Waals surface area contributed by atoms with Crippen LogP contribution in [-0.4, -0.2) is 53.3 Å². The predicted molar refractivity (Wildman–Crippen MR) is 117 cm³/mol. The third-order valence-electron chi connectivity index (χ3n) is 5.97. The van der Waals surface area contributed by atoms with Crippen LogP contribution in [0.25, 0.3) is 11.6 Å². The highest BCUT2D eigenvalue weighted by Gasteiger charge is 2.36. The minimum Gasteiger partial charge on any atom is -0.368 e. The summed E-state index contributed by atoms with van der Waals surface area (Å²) < 4.78 is 0. The summed E-state index contributed by atoms with van der Waals surface area (Å²) in [5.74, 6) is -0.130. The van der Waals surface area contributed by atoms with E-state index in [1.165, 1.54) is 0 Å². The van der Waals surface area contributed by atoms with Crippen LogP contribution in [0.1, 0.15) is 36.1 Å². The first-order valence-corrected chi connectivity index (χ1v) is 11.2. The Bertz CT molecular complexity index is 871. The average molecular weight is 410 g/mol. The van der Waals surface area contributed by atoms with Gasteiger partial charge in [-0.1, -0.05) is 36.4 Å². The van der Waals surface area contributed by atoms with E-state index in [-0.39, 0.29) is 17.9 Å². The molecule has 1 unspecified atom stereocenters. The van der Waals surface area contributed by atoms with Crippen LogP contribution in [0.5, 0.6) is 0 Å². The second-order valence-electron chi connectivity index (χ2n) is 7.77. The molecule has 2 amide bonds. The molecule has 4 rings (SSSR count). The molecule has 2 aliphatic heterocycles. The number of thiophene rings is 1. The molecule has 0 spiro atoms. The number of benzene rings is 1. The molecule has 0 aliphatic carbocycles. The molecule has 5 nitrogen and oxygen atoms in total. The maximum absolute atomic E-state index is 13.4. The molecule has 3 heterocycles. The van der Waals surface area contributed by atoms with E-state index in [1.807, 2.05) is 58.8 Å². The highest BCUT2D eigenvalue weighted by Crippen LogP contribution is 2.29. The number of nitrogens with two attached hydrogens (primary N) is 1. The minimum absolute atomic E-state index is 0.0858. The predicted octanol–water partition coefficient (Wildman–Crippen LogP) is 3.23. The fraction of sp³-hybridized carbons (Fsp3) is 0.391. The van der Waals surface area contributed by atoms with Crippen LogP contribution in [0.3, 0.4) is 0 Å². The van der Waals surface area contributed by atoms with Crippen molar-refractivity contribution < 1.29 is 9.59 Å². The van der Waals surface area contributed by atoms with Crippen LogP contribution >= 0.6 is 11.3 Å². The summed E-state index contributed by atoms with van der Waals surface area (Å²) >= 11 is 1.59. The van der Waals surface area contributed by atoms with Crippen LogP contribution in [0.2, 0.25) is 0 Å². The number of piperidine rings is 1. The zero-order valence-corrected chi connectivity index (χ0v) is 17.3. The van der Waals surface area contributed by atoms with E-state index in [2.05, 4.69) is 4.90 Å². The van der Waals surface area contributed by atoms with Crippen molar-refractivity contribution in [3.63, 3.8) is 0 Å². The van der Waals surface area contributed by atoms with Gasteiger partial charge in [0.15, 0.2) is 0 Å². The fourth-order valence-electron chi connectivity index (χ4n) is 4.49. The smallest absolute Gasteiger partial charge is 0.255 e. The Hall–Kier alpha value is -2.44. The molecular formula is C23H27N3O2S. The molecule has 29 heavy (non-hydrogen) atoms. The Kier molecular flexibility index (Phi) is 6.11. The van der Waals surface area contributed by atoms with E-state index in [9.17, 15) is 9.59 Å². The van der Waals surface area contributed by atoms with Gasteiger partial charge in [-0.25, -0.2) is 0 Å². The molecule has 0 saturated carbocycles. The number of rotatable bonds is 5. The monoisotopic (exact) mass is 409 g/mol. The van der Waals surface area contributed by atoms with E-state index in [1.54, 1.807) is 11.3 Å². The average Bonchev–Trinajstić information content (AvgIpc) is 3.44. The molecule has 2 saturated heterocycles. The van der Waals surface area contributed by atoms with Gasteiger partial charge >= 0.3 is 0 Å². The van der Waals surface area contributed by atoms with Crippen molar-refractivity contribution in [2.45, 2.75) is 37.8 Å². The van der Waals surface area contributed by atoms with Gasteiger partial charge in [0.2, 0.25) is 5.91 Å². The van der Waals surface area contributed by atoms with E-state index in [0.29, 0.717) is 19.1 Å². The van der Waals surface area contributed by atoms with Crippen LogP contribution in [-0.2, 0) is 9.59 Å². The largest absolute Gasteiger partial charge is 0.368 e. The number of carbonyl (C=O) groups is 2. The van der Waals surface area contributed by atoms with Gasteiger partial charge in [0.1, 0.15) is 0 Å². The lowest BCUT2D eigenvalue weighted by molar-refractivity contribution is -0.128. The lowest BCUT2D eigenvalue weighted by Gasteiger charge is -2.38. The van der Waals surface area contributed by atoms with E-state index >= 15 is 0 Å². The molecule has 0 bridgehead atoms. The van der Waals surface area contributed by atoms with Gasteiger partial charge < -0.3 is 10.6 Å². The van der Waals surface area contributed by atoms with Gasteiger partial charge in [-0.2, -0.15) is 0 Å². The van der Waals surface area contributed by atoms with Gasteiger partial charge in [0, 0.05) is 24.0 Å². The standard InChI is InChI=1S/C23H27N3O2S/c24-22(27)20-8-4-12-26(20)18-10-13-25(14-11-18)23(28)19(21-9-5-15-29-21)16-17-6-2-1-3-7-17/h1-3,5-7,9,15-16,18,20H,4,8,10-14H2,(H2,24,27)/b19-16+. The van der Waals surface area contributed by atoms with E-state index < -0.39 is 0 Å². The molecule has 6 heteroatoms. The van der Waals surface area contributed by atoms with Crippen molar-refractivity contribution in [3.8, 4) is 0 Å². The summed E-state index contributed by atoms with van der Waals surface area (Å²) in [6.07, 6.45) is 5.65. The maximum Gasteiger partial charge on any atom is 0.255 e. The third kappa shape index (κ3) is 4.43. The molecule has 2 fully saturated rings. The lowest BCUT2D eigenvalue weighted by atomic mass is 10.00. The number of nitrogens with zero attached hydrogens (tertiary/aromatic N) is 2. The fourth-order valence-corrected chi connectivity index (χ4v) is 5.22. The van der Waals surface area contributed by atoms with Gasteiger partial charge in [-0.3, -0.25) is 14.5 Å². The Morgan fingerprint density at radius 2 is 1.76 bits per heavy atom. The van der Waals surface area contributed by atoms with Gasteiger partial charge in [0.25, 0.3) is 5.91 Å². The number of amides is 2. The number of primary amides is 1. The molecule has 152 valence electrons. The van der Waals surface area contributed by atoms with Crippen molar-refractivity contribution in [1.82, 2.24) is 9.80 Å². The number of carbonyl (C=O) groups excluding carboxylic acids is 2. The maximum atomic E-state index is 13.4. The van der Waals surface area contributed by atoms with Crippen molar-refractivity contribution in [2.24, 2.45) is 5.73 Å². The molecule has 0 radical (unpaired) electrons. The minimum atomic E-state index is -0.216. The Balaban J connectivity index is 1.47. The highest BCUT2D eigenvalue weighted by atomic mass is 32.1. The molecule has 1 aromatic heterocycles. The first kappa shape index (κ1) is 19.9. The van der Waals surface area contributed by atoms with Crippen LogP contribution in [0.4, 0.5) is 0 Å². The second-order valence-corrected chi connectivity index (χ2v) is 8.72. The molecule has 2 N–H and O–H groups in total. The molecule has 2 aromatic rings. The number of likely N-dealkylation sites (tertiary alicyclic amines) is 2. The summed E-state index contributed by atoms with van der Waals surface area (Å²) in [5.41, 5.74) is 7.37. The second kappa shape index (κ2) is 8.93. The Morgan fingerprint density at radius 1 is 1.00 bits per heavy atom. The summed E-state index contributed by atoms with van der Waals surface area (Å²) in [6, 6.07) is 14.2. The van der Waals surface area contributed by atoms with E-state index in [4.69, 9.17) is 5.73 Å². The molecule has 1 atom stereocenters. The Morgan fingerprint density at radius 3 is 2.41 bits per heavy atom. The normalized spacial score (nSPS) is 21.4. The highest BCUT2D eigenvalue weighted by molar-refractivity contribution is 7.11. The molecular weight excluding hydrogens is 382 g/mol. The molecule has 2 aliphatic rings. The van der Waals surface area contributed by atoms with Crippen LogP contribution in [0, 0.1) is 0 Å². The quantitative estimate of drug-likeness (QED) is 0.771. The van der Waals surface area contributed by atoms with Crippen LogP contribution in [0.15, 0.2) is 47.8 Å². The van der Waals surface area contributed by atoms with Crippen molar-refractivity contribution in [3.05, 3.63) is 58.3 Å². The zero-order valence-electron chi connectivity index (χ0n) is 16.5. The summed E-state index contributed by atoms with van der Waals surface area (Å²) in [5, 5.41) is 2.00.